The fourth-order valence-corrected chi connectivity index (χ4v) is 3.30. The highest BCUT2D eigenvalue weighted by Crippen LogP contribution is 2.46. The minimum absolute atomic E-state index is 0.136. The molecule has 2 aliphatic heterocycles. The number of carbonyl (C=O) groups is 1. The fourth-order valence-electron chi connectivity index (χ4n) is 3.30. The summed E-state index contributed by atoms with van der Waals surface area (Å²) in [6.45, 7) is 2.24. The Hall–Kier alpha value is -1.31. The first-order valence-corrected chi connectivity index (χ1v) is 6.09. The van der Waals surface area contributed by atoms with Crippen molar-refractivity contribution in [2.45, 2.75) is 44.2 Å². The van der Waals surface area contributed by atoms with Crippen molar-refractivity contribution in [3.63, 3.8) is 0 Å². The van der Waals surface area contributed by atoms with Gasteiger partial charge in [-0.15, -0.1) is 0 Å². The zero-order chi connectivity index (χ0) is 11.2. The number of fused-ring (bicyclic) bond motifs is 2. The second-order valence-corrected chi connectivity index (χ2v) is 5.27. The summed E-state index contributed by atoms with van der Waals surface area (Å²) in [4.78, 5) is 14.6. The maximum absolute atomic E-state index is 12.4. The van der Waals surface area contributed by atoms with E-state index in [1.54, 1.807) is 0 Å². The molecule has 0 saturated carbocycles. The molecule has 1 aromatic carbocycles. The molecule has 3 rings (SSSR count). The van der Waals surface area contributed by atoms with E-state index in [2.05, 4.69) is 11.8 Å². The topological polar surface area (TPSA) is 20.3 Å². The summed E-state index contributed by atoms with van der Waals surface area (Å²) in [5.74, 6) is 0.225. The molecular formula is C14H17NO. The minimum Gasteiger partial charge on any atom is -0.330 e. The van der Waals surface area contributed by atoms with Crippen molar-refractivity contribution < 1.29 is 4.79 Å². The zero-order valence-corrected chi connectivity index (χ0v) is 9.65. The number of nitrogens with zero attached hydrogens (tertiary/aromatic N) is 1. The van der Waals surface area contributed by atoms with Gasteiger partial charge in [0.05, 0.1) is 0 Å². The van der Waals surface area contributed by atoms with Gasteiger partial charge in [-0.3, -0.25) is 4.79 Å². The summed E-state index contributed by atoms with van der Waals surface area (Å²) >= 11 is 0. The largest absolute Gasteiger partial charge is 0.330 e. The van der Waals surface area contributed by atoms with Crippen LogP contribution in [0.25, 0.3) is 0 Å². The number of amides is 1. The number of carbonyl (C=O) groups excluding carboxylic acids is 1. The van der Waals surface area contributed by atoms with E-state index in [0.29, 0.717) is 6.04 Å². The first-order chi connectivity index (χ1) is 7.71. The fraction of sp³-hybridized carbons (Fsp3) is 0.500. The molecule has 0 spiro atoms. The predicted molar refractivity (Wildman–Crippen MR) is 63.3 cm³/mol. The lowest BCUT2D eigenvalue weighted by Crippen LogP contribution is -2.42. The quantitative estimate of drug-likeness (QED) is 0.705. The maximum atomic E-state index is 12.4. The van der Waals surface area contributed by atoms with Gasteiger partial charge < -0.3 is 4.90 Å². The van der Waals surface area contributed by atoms with Crippen molar-refractivity contribution in [1.29, 1.82) is 0 Å². The van der Waals surface area contributed by atoms with E-state index in [1.807, 2.05) is 30.3 Å². The van der Waals surface area contributed by atoms with Gasteiger partial charge >= 0.3 is 0 Å². The number of rotatable bonds is 1. The van der Waals surface area contributed by atoms with Crippen LogP contribution in [0.1, 0.15) is 43.0 Å². The molecule has 0 atom stereocenters. The molecule has 0 N–H and O–H groups in total. The van der Waals surface area contributed by atoms with E-state index < -0.39 is 0 Å². The van der Waals surface area contributed by atoms with Crippen molar-refractivity contribution in [1.82, 2.24) is 4.90 Å². The van der Waals surface area contributed by atoms with Crippen LogP contribution in [-0.4, -0.2) is 22.4 Å². The van der Waals surface area contributed by atoms with Crippen molar-refractivity contribution in [2.24, 2.45) is 0 Å². The molecule has 2 saturated heterocycles. The SMILES string of the molecule is CC12CCC(CC1)N2C(=O)c1ccccc1. The third-order valence-corrected chi connectivity index (χ3v) is 4.22. The molecular weight excluding hydrogens is 198 g/mol. The molecule has 84 valence electrons. The smallest absolute Gasteiger partial charge is 0.254 e. The summed E-state index contributed by atoms with van der Waals surface area (Å²) in [5, 5.41) is 0. The molecule has 1 amide bonds. The molecule has 2 heterocycles. The van der Waals surface area contributed by atoms with E-state index in [4.69, 9.17) is 0 Å². The van der Waals surface area contributed by atoms with Crippen molar-refractivity contribution in [3.8, 4) is 0 Å². The van der Waals surface area contributed by atoms with Gasteiger partial charge in [0.1, 0.15) is 0 Å². The molecule has 16 heavy (non-hydrogen) atoms. The van der Waals surface area contributed by atoms with Crippen LogP contribution in [-0.2, 0) is 0 Å². The van der Waals surface area contributed by atoms with E-state index in [1.165, 1.54) is 25.7 Å². The van der Waals surface area contributed by atoms with Gasteiger partial charge in [0, 0.05) is 17.1 Å². The molecule has 0 radical (unpaired) electrons. The summed E-state index contributed by atoms with van der Waals surface area (Å²) in [6.07, 6.45) is 4.73. The summed E-state index contributed by atoms with van der Waals surface area (Å²) in [5.41, 5.74) is 0.972. The first kappa shape index (κ1) is 9.88. The van der Waals surface area contributed by atoms with Crippen LogP contribution in [0.4, 0.5) is 0 Å². The Bertz CT molecular complexity index is 404. The number of hydrogen-bond donors (Lipinski definition) is 0. The first-order valence-electron chi connectivity index (χ1n) is 6.09. The standard InChI is InChI=1S/C14H17NO/c1-14-9-7-12(8-10-14)15(14)13(16)11-5-3-2-4-6-11/h2-6,12H,7-10H2,1H3. The van der Waals surface area contributed by atoms with Gasteiger partial charge in [-0.25, -0.2) is 0 Å². The Balaban J connectivity index is 1.92. The summed E-state index contributed by atoms with van der Waals surface area (Å²) in [6, 6.07) is 10.2. The lowest BCUT2D eigenvalue weighted by molar-refractivity contribution is 0.0641. The van der Waals surface area contributed by atoms with Gasteiger partial charge in [-0.05, 0) is 44.7 Å². The highest BCUT2D eigenvalue weighted by molar-refractivity contribution is 5.95. The molecule has 2 nitrogen and oxygen atoms in total. The molecule has 0 aromatic heterocycles. The summed E-state index contributed by atoms with van der Waals surface area (Å²) < 4.78 is 0. The van der Waals surface area contributed by atoms with E-state index in [-0.39, 0.29) is 11.4 Å². The van der Waals surface area contributed by atoms with Gasteiger partial charge in [-0.1, -0.05) is 18.2 Å². The highest BCUT2D eigenvalue weighted by atomic mass is 16.2. The van der Waals surface area contributed by atoms with E-state index >= 15 is 0 Å². The van der Waals surface area contributed by atoms with Gasteiger partial charge in [0.15, 0.2) is 0 Å². The van der Waals surface area contributed by atoms with Crippen LogP contribution in [0.2, 0.25) is 0 Å². The Labute approximate surface area is 96.3 Å². The lowest BCUT2D eigenvalue weighted by Gasteiger charge is -2.31. The van der Waals surface area contributed by atoms with Crippen molar-refractivity contribution >= 4 is 5.91 Å². The Morgan fingerprint density at radius 2 is 1.88 bits per heavy atom. The monoisotopic (exact) mass is 215 g/mol. The van der Waals surface area contributed by atoms with Crippen LogP contribution in [0.15, 0.2) is 30.3 Å². The predicted octanol–water partition coefficient (Wildman–Crippen LogP) is 2.84. The Morgan fingerprint density at radius 3 is 2.38 bits per heavy atom. The third kappa shape index (κ3) is 1.29. The Kier molecular flexibility index (Phi) is 2.06. The van der Waals surface area contributed by atoms with Gasteiger partial charge in [0.2, 0.25) is 0 Å². The van der Waals surface area contributed by atoms with Gasteiger partial charge in [0.25, 0.3) is 5.91 Å². The number of benzene rings is 1. The Morgan fingerprint density at radius 1 is 1.25 bits per heavy atom. The molecule has 0 unspecified atom stereocenters. The second kappa shape index (κ2) is 3.34. The number of hydrogen-bond acceptors (Lipinski definition) is 1. The molecule has 2 aliphatic rings. The van der Waals surface area contributed by atoms with Crippen LogP contribution in [0.3, 0.4) is 0 Å². The minimum atomic E-state index is 0.136. The average molecular weight is 215 g/mol. The van der Waals surface area contributed by atoms with Crippen LogP contribution in [0.5, 0.6) is 0 Å². The van der Waals surface area contributed by atoms with Crippen LogP contribution >= 0.6 is 0 Å². The maximum Gasteiger partial charge on any atom is 0.254 e. The van der Waals surface area contributed by atoms with E-state index in [9.17, 15) is 4.79 Å². The highest BCUT2D eigenvalue weighted by Gasteiger charge is 2.50. The summed E-state index contributed by atoms with van der Waals surface area (Å²) in [7, 11) is 0. The average Bonchev–Trinajstić information content (AvgIpc) is 2.81. The molecule has 2 bridgehead atoms. The van der Waals surface area contributed by atoms with Crippen molar-refractivity contribution in [3.05, 3.63) is 35.9 Å². The molecule has 2 heteroatoms. The third-order valence-electron chi connectivity index (χ3n) is 4.22. The molecule has 1 aromatic rings. The van der Waals surface area contributed by atoms with E-state index in [0.717, 1.165) is 5.56 Å². The second-order valence-electron chi connectivity index (χ2n) is 5.27. The normalized spacial score (nSPS) is 32.1. The lowest BCUT2D eigenvalue weighted by atomic mass is 9.90. The zero-order valence-electron chi connectivity index (χ0n) is 9.65. The molecule has 2 fully saturated rings. The van der Waals surface area contributed by atoms with Crippen molar-refractivity contribution in [2.75, 3.05) is 0 Å². The van der Waals surface area contributed by atoms with Crippen LogP contribution < -0.4 is 0 Å². The molecule has 0 aliphatic carbocycles. The van der Waals surface area contributed by atoms with Crippen LogP contribution in [0, 0.1) is 0 Å². The van der Waals surface area contributed by atoms with Gasteiger partial charge in [-0.2, -0.15) is 0 Å².